The van der Waals surface area contributed by atoms with Crippen molar-refractivity contribution in [3.05, 3.63) is 76.0 Å². The van der Waals surface area contributed by atoms with Gasteiger partial charge in [-0.1, -0.05) is 30.3 Å². The van der Waals surface area contributed by atoms with Crippen molar-refractivity contribution in [1.29, 1.82) is 0 Å². The zero-order valence-corrected chi connectivity index (χ0v) is 13.6. The topological polar surface area (TPSA) is 68.0 Å². The summed E-state index contributed by atoms with van der Waals surface area (Å²) in [6.45, 7) is 0.732. The molecular formula is C18H15N3O2S. The Morgan fingerprint density at radius 1 is 1.21 bits per heavy atom. The lowest BCUT2D eigenvalue weighted by atomic mass is 10.2. The molecular weight excluding hydrogens is 322 g/mol. The van der Waals surface area contributed by atoms with Crippen molar-refractivity contribution >= 4 is 35.5 Å². The van der Waals surface area contributed by atoms with E-state index in [-0.39, 0.29) is 0 Å². The predicted molar refractivity (Wildman–Crippen MR) is 95.5 cm³/mol. The maximum absolute atomic E-state index is 10.5. The summed E-state index contributed by atoms with van der Waals surface area (Å²) in [5.41, 5.74) is 2.83. The van der Waals surface area contributed by atoms with Crippen LogP contribution in [0.3, 0.4) is 0 Å². The normalized spacial score (nSPS) is 11.5. The van der Waals surface area contributed by atoms with E-state index >= 15 is 0 Å². The fraction of sp³-hybridized carbons (Fsp3) is 0.0556. The molecule has 3 aromatic rings. The smallest absolute Gasteiger partial charge is 0.328 e. The lowest BCUT2D eigenvalue weighted by Crippen LogP contribution is -1.99. The van der Waals surface area contributed by atoms with Crippen LogP contribution in [0.1, 0.15) is 21.8 Å². The molecule has 1 N–H and O–H groups in total. The summed E-state index contributed by atoms with van der Waals surface area (Å²) >= 11 is 1.46. The largest absolute Gasteiger partial charge is 0.478 e. The first-order valence-electron chi connectivity index (χ1n) is 7.30. The molecule has 0 amide bonds. The third-order valence-electron chi connectivity index (χ3n) is 3.20. The minimum absolute atomic E-state index is 0.641. The van der Waals surface area contributed by atoms with Gasteiger partial charge in [0.25, 0.3) is 0 Å². The van der Waals surface area contributed by atoms with Crippen molar-refractivity contribution in [2.24, 2.45) is 0 Å². The number of aromatic nitrogens is 3. The van der Waals surface area contributed by atoms with Gasteiger partial charge in [0.15, 0.2) is 0 Å². The minimum atomic E-state index is -0.981. The zero-order chi connectivity index (χ0) is 16.8. The Morgan fingerprint density at radius 2 is 2.04 bits per heavy atom. The highest BCUT2D eigenvalue weighted by atomic mass is 32.1. The molecule has 0 aliphatic carbocycles. The van der Waals surface area contributed by atoms with E-state index in [1.807, 2.05) is 46.6 Å². The van der Waals surface area contributed by atoms with Gasteiger partial charge in [0.05, 0.1) is 18.4 Å². The Labute approximate surface area is 143 Å². The van der Waals surface area contributed by atoms with E-state index < -0.39 is 5.97 Å². The van der Waals surface area contributed by atoms with Crippen molar-refractivity contribution < 1.29 is 9.90 Å². The van der Waals surface area contributed by atoms with E-state index in [1.54, 1.807) is 6.20 Å². The molecule has 0 radical (unpaired) electrons. The van der Waals surface area contributed by atoms with Crippen LogP contribution in [0.15, 0.2) is 54.2 Å². The van der Waals surface area contributed by atoms with Gasteiger partial charge in [-0.3, -0.25) is 4.68 Å². The Kier molecular flexibility index (Phi) is 4.98. The predicted octanol–water partition coefficient (Wildman–Crippen LogP) is 3.66. The second kappa shape index (κ2) is 7.52. The van der Waals surface area contributed by atoms with Crippen molar-refractivity contribution in [2.75, 3.05) is 0 Å². The first-order valence-corrected chi connectivity index (χ1v) is 8.18. The van der Waals surface area contributed by atoms with E-state index in [1.165, 1.54) is 23.0 Å². The summed E-state index contributed by atoms with van der Waals surface area (Å²) in [6.07, 6.45) is 10.2. The van der Waals surface area contributed by atoms with Crippen LogP contribution < -0.4 is 0 Å². The fourth-order valence-corrected chi connectivity index (χ4v) is 2.78. The highest BCUT2D eigenvalue weighted by Gasteiger charge is 1.99. The number of hydrogen-bond acceptors (Lipinski definition) is 4. The molecule has 2 heterocycles. The number of benzene rings is 1. The standard InChI is InChI=1S/C18H15N3O2S/c22-18(23)9-7-16-13-24-17(20-16)8-6-15-10-19-21(12-15)11-14-4-2-1-3-5-14/h1-10,12-13H,11H2,(H,22,23)/b8-6+,9-7+. The summed E-state index contributed by atoms with van der Waals surface area (Å²) in [5.74, 6) is -0.981. The van der Waals surface area contributed by atoms with Crippen LogP contribution in [0.2, 0.25) is 0 Å². The number of thiazole rings is 1. The number of aliphatic carboxylic acids is 1. The third-order valence-corrected chi connectivity index (χ3v) is 4.02. The maximum Gasteiger partial charge on any atom is 0.328 e. The summed E-state index contributed by atoms with van der Waals surface area (Å²) < 4.78 is 1.89. The van der Waals surface area contributed by atoms with Crippen LogP contribution in [-0.2, 0) is 11.3 Å². The number of carbonyl (C=O) groups is 1. The molecule has 3 rings (SSSR count). The summed E-state index contributed by atoms with van der Waals surface area (Å²) in [5, 5.41) is 15.6. The van der Waals surface area contributed by atoms with Gasteiger partial charge in [-0.05, 0) is 23.8 Å². The average Bonchev–Trinajstić information content (AvgIpc) is 3.21. The monoisotopic (exact) mass is 337 g/mol. The molecule has 0 aliphatic heterocycles. The van der Waals surface area contributed by atoms with Crippen LogP contribution in [0.5, 0.6) is 0 Å². The quantitative estimate of drug-likeness (QED) is 0.697. The second-order valence-electron chi connectivity index (χ2n) is 5.07. The zero-order valence-electron chi connectivity index (χ0n) is 12.7. The first-order chi connectivity index (χ1) is 11.7. The van der Waals surface area contributed by atoms with Crippen LogP contribution >= 0.6 is 11.3 Å². The van der Waals surface area contributed by atoms with Crippen molar-refractivity contribution in [2.45, 2.75) is 6.54 Å². The molecule has 0 aliphatic rings. The van der Waals surface area contributed by atoms with Gasteiger partial charge >= 0.3 is 5.97 Å². The third kappa shape index (κ3) is 4.50. The molecule has 0 unspecified atom stereocenters. The lowest BCUT2D eigenvalue weighted by Gasteiger charge is -2.00. The molecule has 0 saturated carbocycles. The SMILES string of the molecule is O=C(O)/C=C/c1csc(/C=C/c2cnn(Cc3ccccc3)c2)n1. The number of rotatable bonds is 6. The molecule has 5 nitrogen and oxygen atoms in total. The number of hydrogen-bond donors (Lipinski definition) is 1. The molecule has 6 heteroatoms. The van der Waals surface area contributed by atoms with E-state index in [9.17, 15) is 4.79 Å². The van der Waals surface area contributed by atoms with Gasteiger partial charge in [-0.15, -0.1) is 11.3 Å². The van der Waals surface area contributed by atoms with Gasteiger partial charge in [0.2, 0.25) is 0 Å². The van der Waals surface area contributed by atoms with Crippen LogP contribution in [0, 0.1) is 0 Å². The first kappa shape index (κ1) is 15.9. The highest BCUT2D eigenvalue weighted by molar-refractivity contribution is 7.10. The van der Waals surface area contributed by atoms with Gasteiger partial charge in [-0.25, -0.2) is 9.78 Å². The van der Waals surface area contributed by atoms with Gasteiger partial charge < -0.3 is 5.11 Å². The molecule has 0 bridgehead atoms. The van der Waals surface area contributed by atoms with Gasteiger partial charge in [0, 0.05) is 23.2 Å². The Bertz CT molecular complexity index is 879. The summed E-state index contributed by atoms with van der Waals surface area (Å²) in [6, 6.07) is 10.2. The molecule has 2 aromatic heterocycles. The summed E-state index contributed by atoms with van der Waals surface area (Å²) in [7, 11) is 0. The van der Waals surface area contributed by atoms with Crippen molar-refractivity contribution in [1.82, 2.24) is 14.8 Å². The Morgan fingerprint density at radius 3 is 2.83 bits per heavy atom. The minimum Gasteiger partial charge on any atom is -0.478 e. The van der Waals surface area contributed by atoms with E-state index in [2.05, 4.69) is 22.2 Å². The number of carboxylic acids is 1. The van der Waals surface area contributed by atoms with Crippen LogP contribution in [-0.4, -0.2) is 25.8 Å². The maximum atomic E-state index is 10.5. The van der Waals surface area contributed by atoms with E-state index in [0.29, 0.717) is 5.69 Å². The lowest BCUT2D eigenvalue weighted by molar-refractivity contribution is -0.131. The number of carboxylic acid groups (broad SMARTS) is 1. The molecule has 0 atom stereocenters. The fourth-order valence-electron chi connectivity index (χ4n) is 2.10. The molecule has 0 fully saturated rings. The molecule has 1 aromatic carbocycles. The Balaban J connectivity index is 1.64. The van der Waals surface area contributed by atoms with Gasteiger partial charge in [0.1, 0.15) is 5.01 Å². The summed E-state index contributed by atoms with van der Waals surface area (Å²) in [4.78, 5) is 14.8. The van der Waals surface area contributed by atoms with E-state index in [0.717, 1.165) is 23.2 Å². The Hall–Kier alpha value is -2.99. The number of nitrogens with zero attached hydrogens (tertiary/aromatic N) is 3. The highest BCUT2D eigenvalue weighted by Crippen LogP contribution is 2.15. The average molecular weight is 337 g/mol. The van der Waals surface area contributed by atoms with E-state index in [4.69, 9.17) is 5.11 Å². The van der Waals surface area contributed by atoms with Gasteiger partial charge in [-0.2, -0.15) is 5.10 Å². The molecule has 120 valence electrons. The second-order valence-corrected chi connectivity index (χ2v) is 5.96. The molecule has 0 spiro atoms. The van der Waals surface area contributed by atoms with Crippen LogP contribution in [0.25, 0.3) is 18.2 Å². The molecule has 24 heavy (non-hydrogen) atoms. The van der Waals surface area contributed by atoms with Crippen molar-refractivity contribution in [3.63, 3.8) is 0 Å². The van der Waals surface area contributed by atoms with Crippen LogP contribution in [0.4, 0.5) is 0 Å². The molecule has 0 saturated heterocycles. The van der Waals surface area contributed by atoms with Crippen molar-refractivity contribution in [3.8, 4) is 0 Å².